The van der Waals surface area contributed by atoms with E-state index in [4.69, 9.17) is 11.5 Å². The number of imidazole rings is 1. The second-order valence-corrected chi connectivity index (χ2v) is 7.42. The van der Waals surface area contributed by atoms with E-state index in [1.54, 1.807) is 0 Å². The average Bonchev–Trinajstić information content (AvgIpc) is 3.28. The van der Waals surface area contributed by atoms with Gasteiger partial charge in [-0.2, -0.15) is 12.6 Å². The molecule has 0 aliphatic carbocycles. The van der Waals surface area contributed by atoms with Crippen molar-refractivity contribution in [1.29, 1.82) is 0 Å². The van der Waals surface area contributed by atoms with Crippen LogP contribution in [0.1, 0.15) is 25.0 Å². The van der Waals surface area contributed by atoms with Crippen LogP contribution in [-0.2, 0) is 25.6 Å². The molecule has 0 saturated heterocycles. The highest BCUT2D eigenvalue weighted by Crippen LogP contribution is 2.03. The minimum Gasteiger partial charge on any atom is -0.480 e. The molecule has 4 atom stereocenters. The number of nitrogens with two attached hydrogens (primary N) is 2. The fourth-order valence-electron chi connectivity index (χ4n) is 2.68. The summed E-state index contributed by atoms with van der Waals surface area (Å²) in [6, 6.07) is -4.74. The van der Waals surface area contributed by atoms with E-state index in [0.29, 0.717) is 25.1 Å². The van der Waals surface area contributed by atoms with Crippen LogP contribution in [-0.4, -0.2) is 86.9 Å². The van der Waals surface area contributed by atoms with Gasteiger partial charge in [-0.25, -0.2) is 9.78 Å². The van der Waals surface area contributed by atoms with Gasteiger partial charge < -0.3 is 42.6 Å². The van der Waals surface area contributed by atoms with Gasteiger partial charge in [0.15, 0.2) is 0 Å². The van der Waals surface area contributed by atoms with Crippen LogP contribution in [0.15, 0.2) is 12.5 Å². The summed E-state index contributed by atoms with van der Waals surface area (Å²) >= 11 is 3.95. The number of carbonyl (C=O) groups is 4. The van der Waals surface area contributed by atoms with Crippen LogP contribution in [0.25, 0.3) is 0 Å². The predicted octanol–water partition coefficient (Wildman–Crippen LogP) is -3.13. The van der Waals surface area contributed by atoms with Crippen LogP contribution in [0.4, 0.5) is 0 Å². The van der Waals surface area contributed by atoms with Crippen LogP contribution >= 0.6 is 12.6 Å². The summed E-state index contributed by atoms with van der Waals surface area (Å²) in [5, 5.41) is 26.0. The van der Waals surface area contributed by atoms with E-state index < -0.39 is 54.5 Å². The molecule has 10 N–H and O–H groups in total. The molecule has 0 aromatic carbocycles. The molecule has 1 heterocycles. The number of hydrogen-bond donors (Lipinski definition) is 9. The van der Waals surface area contributed by atoms with E-state index in [1.807, 2.05) is 0 Å². The molecule has 0 saturated carbocycles. The maximum atomic E-state index is 12.8. The highest BCUT2D eigenvalue weighted by Gasteiger charge is 2.30. The zero-order valence-electron chi connectivity index (χ0n) is 17.5. The standard InChI is InChI=1S/C18H31N7O6S/c19-4-2-1-3-12(18(30)31)23-17(29)14(7-26)25-16(28)13(5-10-6-21-9-22-10)24-15(27)11(20)8-32/h6,9,11-14,26,32H,1-5,7-8,19-20H2,(H,21,22)(H,23,29)(H,24,27)(H,25,28)(H,30,31). The molecule has 0 aliphatic heterocycles. The average molecular weight is 474 g/mol. The summed E-state index contributed by atoms with van der Waals surface area (Å²) in [5.41, 5.74) is 11.6. The molecule has 32 heavy (non-hydrogen) atoms. The Balaban J connectivity index is 2.85. The predicted molar refractivity (Wildman–Crippen MR) is 118 cm³/mol. The van der Waals surface area contributed by atoms with E-state index in [9.17, 15) is 29.4 Å². The van der Waals surface area contributed by atoms with Crippen molar-refractivity contribution in [3.63, 3.8) is 0 Å². The lowest BCUT2D eigenvalue weighted by molar-refractivity contribution is -0.142. The van der Waals surface area contributed by atoms with Gasteiger partial charge in [0.25, 0.3) is 0 Å². The third-order valence-electron chi connectivity index (χ3n) is 4.52. The zero-order valence-corrected chi connectivity index (χ0v) is 18.4. The van der Waals surface area contributed by atoms with Crippen LogP contribution < -0.4 is 27.4 Å². The number of H-pyrrole nitrogens is 1. The number of unbranched alkanes of at least 4 members (excludes halogenated alkanes) is 1. The lowest BCUT2D eigenvalue weighted by atomic mass is 10.1. The van der Waals surface area contributed by atoms with E-state index in [-0.39, 0.29) is 18.6 Å². The zero-order chi connectivity index (χ0) is 24.1. The number of aliphatic hydroxyl groups is 1. The maximum Gasteiger partial charge on any atom is 0.326 e. The van der Waals surface area contributed by atoms with Crippen LogP contribution in [0.2, 0.25) is 0 Å². The Morgan fingerprint density at radius 3 is 2.22 bits per heavy atom. The van der Waals surface area contributed by atoms with Gasteiger partial charge in [-0.05, 0) is 25.8 Å². The molecule has 13 nitrogen and oxygen atoms in total. The molecule has 1 rings (SSSR count). The number of aromatic amines is 1. The Bertz CT molecular complexity index is 748. The number of nitrogens with zero attached hydrogens (tertiary/aromatic N) is 1. The first kappa shape index (κ1) is 27.4. The Kier molecular flexibility index (Phi) is 12.3. The first-order chi connectivity index (χ1) is 15.2. The number of aliphatic carboxylic acids is 1. The van der Waals surface area contributed by atoms with Gasteiger partial charge in [0.05, 0.1) is 19.0 Å². The molecular weight excluding hydrogens is 442 g/mol. The summed E-state index contributed by atoms with van der Waals surface area (Å²) in [7, 11) is 0. The number of carbonyl (C=O) groups excluding carboxylic acids is 3. The number of nitrogens with one attached hydrogen (secondary N) is 4. The topological polar surface area (TPSA) is 226 Å². The first-order valence-electron chi connectivity index (χ1n) is 10.0. The number of carboxylic acids is 1. The molecule has 0 aliphatic rings. The van der Waals surface area contributed by atoms with Gasteiger partial charge in [-0.3, -0.25) is 14.4 Å². The number of aliphatic hydroxyl groups excluding tert-OH is 1. The van der Waals surface area contributed by atoms with E-state index in [2.05, 4.69) is 38.5 Å². The Morgan fingerprint density at radius 2 is 1.69 bits per heavy atom. The lowest BCUT2D eigenvalue weighted by Crippen LogP contribution is -2.58. The molecule has 1 aromatic rings. The molecule has 0 bridgehead atoms. The monoisotopic (exact) mass is 473 g/mol. The van der Waals surface area contributed by atoms with Gasteiger partial charge in [-0.15, -0.1) is 0 Å². The van der Waals surface area contributed by atoms with Crippen molar-refractivity contribution in [2.45, 2.75) is 49.9 Å². The van der Waals surface area contributed by atoms with Crippen LogP contribution in [0.5, 0.6) is 0 Å². The van der Waals surface area contributed by atoms with Crippen molar-refractivity contribution in [3.8, 4) is 0 Å². The van der Waals surface area contributed by atoms with E-state index >= 15 is 0 Å². The quantitative estimate of drug-likeness (QED) is 0.0925. The molecule has 3 amide bonds. The summed E-state index contributed by atoms with van der Waals surface area (Å²) in [6.45, 7) is -0.399. The van der Waals surface area contributed by atoms with Gasteiger partial charge in [0, 0.05) is 24.1 Å². The Morgan fingerprint density at radius 1 is 1.06 bits per heavy atom. The van der Waals surface area contributed by atoms with Crippen LogP contribution in [0.3, 0.4) is 0 Å². The van der Waals surface area contributed by atoms with Gasteiger partial charge in [0.1, 0.15) is 18.1 Å². The number of amides is 3. The molecular formula is C18H31N7O6S. The summed E-state index contributed by atoms with van der Waals surface area (Å²) in [6.07, 6.45) is 4.07. The van der Waals surface area contributed by atoms with Crippen LogP contribution in [0, 0.1) is 0 Å². The molecule has 1 aromatic heterocycles. The van der Waals surface area contributed by atoms with Gasteiger partial charge in [-0.1, -0.05) is 0 Å². The van der Waals surface area contributed by atoms with Gasteiger partial charge in [0.2, 0.25) is 17.7 Å². The maximum absolute atomic E-state index is 12.8. The van der Waals surface area contributed by atoms with Crippen molar-refractivity contribution in [2.75, 3.05) is 18.9 Å². The van der Waals surface area contributed by atoms with E-state index in [0.717, 1.165) is 0 Å². The fourth-order valence-corrected chi connectivity index (χ4v) is 2.84. The molecule has 180 valence electrons. The largest absolute Gasteiger partial charge is 0.480 e. The number of aromatic nitrogens is 2. The fraction of sp³-hybridized carbons (Fsp3) is 0.611. The van der Waals surface area contributed by atoms with Crippen molar-refractivity contribution < 1.29 is 29.4 Å². The van der Waals surface area contributed by atoms with Crippen molar-refractivity contribution >= 4 is 36.3 Å². The second kappa shape index (κ2) is 14.4. The minimum absolute atomic E-state index is 0.00741. The van der Waals surface area contributed by atoms with Crippen molar-refractivity contribution in [2.24, 2.45) is 11.5 Å². The third-order valence-corrected chi connectivity index (χ3v) is 4.92. The Hall–Kier alpha value is -2.68. The normalized spacial score (nSPS) is 14.6. The summed E-state index contributed by atoms with van der Waals surface area (Å²) in [5.74, 6) is -3.48. The first-order valence-corrected chi connectivity index (χ1v) is 10.6. The Labute approximate surface area is 190 Å². The number of hydrogen-bond acceptors (Lipinski definition) is 9. The lowest BCUT2D eigenvalue weighted by Gasteiger charge is -2.24. The SMILES string of the molecule is NCCCCC(NC(=O)C(CO)NC(=O)C(Cc1cnc[nH]1)NC(=O)C(N)CS)C(=O)O. The molecule has 0 spiro atoms. The molecule has 0 radical (unpaired) electrons. The number of rotatable bonds is 15. The smallest absolute Gasteiger partial charge is 0.326 e. The third kappa shape index (κ3) is 9.21. The minimum atomic E-state index is -1.43. The number of carboxylic acid groups (broad SMARTS) is 1. The highest BCUT2D eigenvalue weighted by atomic mass is 32.1. The summed E-state index contributed by atoms with van der Waals surface area (Å²) in [4.78, 5) is 55.4. The highest BCUT2D eigenvalue weighted by molar-refractivity contribution is 7.80. The second-order valence-electron chi connectivity index (χ2n) is 7.06. The molecule has 4 unspecified atom stereocenters. The summed E-state index contributed by atoms with van der Waals surface area (Å²) < 4.78 is 0. The van der Waals surface area contributed by atoms with Crippen molar-refractivity contribution in [3.05, 3.63) is 18.2 Å². The van der Waals surface area contributed by atoms with E-state index in [1.165, 1.54) is 12.5 Å². The van der Waals surface area contributed by atoms with Crippen molar-refractivity contribution in [1.82, 2.24) is 25.9 Å². The van der Waals surface area contributed by atoms with Gasteiger partial charge >= 0.3 is 5.97 Å². The number of thiol groups is 1. The molecule has 14 heteroatoms. The molecule has 0 fully saturated rings.